The Morgan fingerprint density at radius 2 is 0.967 bits per heavy atom. The first-order valence-electron chi connectivity index (χ1n) is 9.58. The van der Waals surface area contributed by atoms with Crippen LogP contribution in [-0.2, 0) is 0 Å². The third kappa shape index (κ3) is 4.25. The van der Waals surface area contributed by atoms with E-state index in [1.165, 1.54) is 0 Å². The molecular formula is C25H22N4O. The molecule has 0 aliphatic carbocycles. The van der Waals surface area contributed by atoms with Gasteiger partial charge in [0, 0.05) is 22.5 Å². The van der Waals surface area contributed by atoms with Crippen LogP contribution >= 0.6 is 0 Å². The first kappa shape index (κ1) is 19.1. The lowest BCUT2D eigenvalue weighted by Gasteiger charge is -2.12. The number of ketones is 1. The molecule has 5 heteroatoms. The first-order valence-corrected chi connectivity index (χ1v) is 9.58. The van der Waals surface area contributed by atoms with Crippen molar-refractivity contribution in [2.24, 2.45) is 0 Å². The summed E-state index contributed by atoms with van der Waals surface area (Å²) in [6, 6.07) is 30.0. The standard InChI is InChI=1S/C25H22N4O/c26-21-15-17(11-13-23(21)28-19-7-3-1-4-8-19)25(30)18-12-14-24(22(27)16-18)29-20-9-5-2-6-10-20/h1-16,28-29H,26-27H2. The van der Waals surface area contributed by atoms with Crippen LogP contribution in [0.5, 0.6) is 0 Å². The van der Waals surface area contributed by atoms with Crippen molar-refractivity contribution in [2.75, 3.05) is 22.1 Å². The number of hydrogen-bond acceptors (Lipinski definition) is 5. The topological polar surface area (TPSA) is 93.2 Å². The van der Waals surface area contributed by atoms with Crippen LogP contribution < -0.4 is 22.1 Å². The van der Waals surface area contributed by atoms with Crippen molar-refractivity contribution in [1.82, 2.24) is 0 Å². The van der Waals surface area contributed by atoms with Gasteiger partial charge in [0.25, 0.3) is 0 Å². The Morgan fingerprint density at radius 3 is 1.33 bits per heavy atom. The van der Waals surface area contributed by atoms with Gasteiger partial charge in [0.05, 0.1) is 22.7 Å². The SMILES string of the molecule is Nc1cc(C(=O)c2ccc(Nc3ccccc3)c(N)c2)ccc1Nc1ccccc1. The maximum Gasteiger partial charge on any atom is 0.193 e. The quantitative estimate of drug-likeness (QED) is 0.253. The molecule has 0 heterocycles. The number of hydrogen-bond donors (Lipinski definition) is 4. The molecular weight excluding hydrogens is 372 g/mol. The summed E-state index contributed by atoms with van der Waals surface area (Å²) in [7, 11) is 0. The highest BCUT2D eigenvalue weighted by molar-refractivity contribution is 6.10. The molecule has 0 spiro atoms. The molecule has 5 nitrogen and oxygen atoms in total. The molecule has 0 unspecified atom stereocenters. The van der Waals surface area contributed by atoms with E-state index in [1.807, 2.05) is 72.8 Å². The summed E-state index contributed by atoms with van der Waals surface area (Å²) in [5, 5.41) is 6.51. The van der Waals surface area contributed by atoms with E-state index in [0.717, 1.165) is 22.7 Å². The molecule has 0 radical (unpaired) electrons. The summed E-state index contributed by atoms with van der Waals surface area (Å²) in [6.07, 6.45) is 0. The van der Waals surface area contributed by atoms with Gasteiger partial charge in [0.2, 0.25) is 0 Å². The van der Waals surface area contributed by atoms with Gasteiger partial charge in [-0.2, -0.15) is 0 Å². The predicted molar refractivity (Wildman–Crippen MR) is 125 cm³/mol. The average Bonchev–Trinajstić information content (AvgIpc) is 2.77. The number of carbonyl (C=O) groups excluding carboxylic acids is 1. The second-order valence-corrected chi connectivity index (χ2v) is 6.92. The summed E-state index contributed by atoms with van der Waals surface area (Å²) in [5.74, 6) is -0.133. The number of carbonyl (C=O) groups is 1. The van der Waals surface area contributed by atoms with Crippen molar-refractivity contribution >= 4 is 39.9 Å². The Hall–Kier alpha value is -4.25. The molecule has 0 aliphatic heterocycles. The summed E-state index contributed by atoms with van der Waals surface area (Å²) in [4.78, 5) is 12.9. The molecule has 6 N–H and O–H groups in total. The summed E-state index contributed by atoms with van der Waals surface area (Å²) >= 11 is 0. The lowest BCUT2D eigenvalue weighted by molar-refractivity contribution is 0.103. The van der Waals surface area contributed by atoms with Crippen molar-refractivity contribution in [2.45, 2.75) is 0 Å². The lowest BCUT2D eigenvalue weighted by atomic mass is 10.0. The maximum absolute atomic E-state index is 12.9. The highest BCUT2D eigenvalue weighted by Crippen LogP contribution is 2.28. The van der Waals surface area contributed by atoms with E-state index in [-0.39, 0.29) is 5.78 Å². The van der Waals surface area contributed by atoms with Crippen LogP contribution in [0.25, 0.3) is 0 Å². The molecule has 0 atom stereocenters. The summed E-state index contributed by atoms with van der Waals surface area (Å²) in [6.45, 7) is 0. The molecule has 0 amide bonds. The van der Waals surface area contributed by atoms with Crippen LogP contribution in [0.3, 0.4) is 0 Å². The van der Waals surface area contributed by atoms with Gasteiger partial charge in [0.15, 0.2) is 5.78 Å². The number of rotatable bonds is 6. The van der Waals surface area contributed by atoms with E-state index >= 15 is 0 Å². The normalized spacial score (nSPS) is 10.4. The Balaban J connectivity index is 1.52. The van der Waals surface area contributed by atoms with Gasteiger partial charge < -0.3 is 22.1 Å². The van der Waals surface area contributed by atoms with Gasteiger partial charge in [0.1, 0.15) is 0 Å². The lowest BCUT2D eigenvalue weighted by Crippen LogP contribution is -2.05. The van der Waals surface area contributed by atoms with E-state index < -0.39 is 0 Å². The van der Waals surface area contributed by atoms with Crippen LogP contribution in [0.1, 0.15) is 15.9 Å². The van der Waals surface area contributed by atoms with Gasteiger partial charge in [-0.15, -0.1) is 0 Å². The smallest absolute Gasteiger partial charge is 0.193 e. The molecule has 0 saturated heterocycles. The Bertz CT molecular complexity index is 1080. The van der Waals surface area contributed by atoms with Gasteiger partial charge in [-0.1, -0.05) is 36.4 Å². The van der Waals surface area contributed by atoms with Crippen LogP contribution in [0.15, 0.2) is 97.1 Å². The van der Waals surface area contributed by atoms with Crippen molar-refractivity contribution in [3.8, 4) is 0 Å². The zero-order valence-corrected chi connectivity index (χ0v) is 16.3. The van der Waals surface area contributed by atoms with Gasteiger partial charge in [-0.05, 0) is 60.7 Å². The van der Waals surface area contributed by atoms with E-state index in [1.54, 1.807) is 24.3 Å². The van der Waals surface area contributed by atoms with Crippen LogP contribution in [0, 0.1) is 0 Å². The third-order valence-corrected chi connectivity index (χ3v) is 4.73. The Morgan fingerprint density at radius 1 is 0.567 bits per heavy atom. The van der Waals surface area contributed by atoms with Gasteiger partial charge in [-0.25, -0.2) is 0 Å². The van der Waals surface area contributed by atoms with Gasteiger partial charge >= 0.3 is 0 Å². The van der Waals surface area contributed by atoms with E-state index in [0.29, 0.717) is 22.5 Å². The van der Waals surface area contributed by atoms with Crippen LogP contribution in [-0.4, -0.2) is 5.78 Å². The monoisotopic (exact) mass is 394 g/mol. The van der Waals surface area contributed by atoms with Crippen molar-refractivity contribution in [3.63, 3.8) is 0 Å². The summed E-state index contributed by atoms with van der Waals surface area (Å²) in [5.41, 5.74) is 17.7. The molecule has 30 heavy (non-hydrogen) atoms. The second kappa shape index (κ2) is 8.41. The molecule has 0 aromatic heterocycles. The number of benzene rings is 4. The average molecular weight is 394 g/mol. The van der Waals surface area contributed by atoms with Crippen LogP contribution in [0.4, 0.5) is 34.1 Å². The zero-order chi connectivity index (χ0) is 20.9. The second-order valence-electron chi connectivity index (χ2n) is 6.92. The van der Waals surface area contributed by atoms with E-state index in [9.17, 15) is 4.79 Å². The van der Waals surface area contributed by atoms with Crippen molar-refractivity contribution < 1.29 is 4.79 Å². The summed E-state index contributed by atoms with van der Waals surface area (Å²) < 4.78 is 0. The highest BCUT2D eigenvalue weighted by Gasteiger charge is 2.13. The fraction of sp³-hybridized carbons (Fsp3) is 0. The maximum atomic E-state index is 12.9. The minimum Gasteiger partial charge on any atom is -0.397 e. The largest absolute Gasteiger partial charge is 0.397 e. The molecule has 4 aromatic carbocycles. The molecule has 0 fully saturated rings. The highest BCUT2D eigenvalue weighted by atomic mass is 16.1. The minimum atomic E-state index is -0.133. The Kier molecular flexibility index (Phi) is 5.35. The number of anilines is 6. The predicted octanol–water partition coefficient (Wildman–Crippen LogP) is 5.57. The molecule has 0 saturated carbocycles. The van der Waals surface area contributed by atoms with Crippen LogP contribution in [0.2, 0.25) is 0 Å². The molecule has 4 rings (SSSR count). The van der Waals surface area contributed by atoms with E-state index in [2.05, 4.69) is 10.6 Å². The molecule has 0 aliphatic rings. The van der Waals surface area contributed by atoms with E-state index in [4.69, 9.17) is 11.5 Å². The third-order valence-electron chi connectivity index (χ3n) is 4.73. The fourth-order valence-corrected chi connectivity index (χ4v) is 3.16. The van der Waals surface area contributed by atoms with Crippen molar-refractivity contribution in [1.29, 1.82) is 0 Å². The molecule has 4 aromatic rings. The fourth-order valence-electron chi connectivity index (χ4n) is 3.16. The number of para-hydroxylation sites is 2. The minimum absolute atomic E-state index is 0.133. The number of nitrogens with two attached hydrogens (primary N) is 2. The molecule has 0 bridgehead atoms. The number of nitrogens with one attached hydrogen (secondary N) is 2. The van der Waals surface area contributed by atoms with Crippen molar-refractivity contribution in [3.05, 3.63) is 108 Å². The molecule has 148 valence electrons. The zero-order valence-electron chi connectivity index (χ0n) is 16.3. The Labute approximate surface area is 175 Å². The first-order chi connectivity index (χ1) is 14.6. The van der Waals surface area contributed by atoms with Gasteiger partial charge in [-0.3, -0.25) is 4.79 Å². The number of nitrogen functional groups attached to an aromatic ring is 2.